The number of hydrogen-bond donors (Lipinski definition) is 1. The van der Waals surface area contributed by atoms with Gasteiger partial charge in [0.15, 0.2) is 18.1 Å². The van der Waals surface area contributed by atoms with Gasteiger partial charge in [-0.2, -0.15) is 0 Å². The maximum absolute atomic E-state index is 12.8. The molecule has 0 heterocycles. The minimum atomic E-state index is -0.324. The van der Waals surface area contributed by atoms with E-state index in [1.54, 1.807) is 31.4 Å². The van der Waals surface area contributed by atoms with Gasteiger partial charge in [0.05, 0.1) is 19.4 Å². The van der Waals surface area contributed by atoms with Crippen molar-refractivity contribution in [2.24, 2.45) is 5.16 Å². The monoisotopic (exact) mass is 374 g/mol. The molecular formula is C20H23FN2O4. The first-order valence-corrected chi connectivity index (χ1v) is 8.49. The highest BCUT2D eigenvalue weighted by Gasteiger charge is 2.07. The molecule has 144 valence electrons. The Bertz CT molecular complexity index is 776. The van der Waals surface area contributed by atoms with Crippen molar-refractivity contribution in [3.8, 4) is 11.5 Å². The second kappa shape index (κ2) is 10.2. The summed E-state index contributed by atoms with van der Waals surface area (Å²) in [6, 6.07) is 11.3. The van der Waals surface area contributed by atoms with Crippen molar-refractivity contribution in [1.82, 2.24) is 5.32 Å². The number of nitrogens with one attached hydrogen (secondary N) is 1. The summed E-state index contributed by atoms with van der Waals surface area (Å²) in [6.45, 7) is 3.94. The van der Waals surface area contributed by atoms with Crippen molar-refractivity contribution in [1.29, 1.82) is 0 Å². The van der Waals surface area contributed by atoms with Gasteiger partial charge in [0.2, 0.25) is 0 Å². The van der Waals surface area contributed by atoms with E-state index in [1.807, 2.05) is 19.9 Å². The lowest BCUT2D eigenvalue weighted by Crippen LogP contribution is -2.26. The molecule has 0 radical (unpaired) electrons. The molecule has 2 rings (SSSR count). The Hall–Kier alpha value is -3.09. The highest BCUT2D eigenvalue weighted by molar-refractivity contribution is 5.81. The number of methoxy groups -OCH3 is 1. The number of hydrogen-bond acceptors (Lipinski definition) is 5. The summed E-state index contributed by atoms with van der Waals surface area (Å²) in [5, 5.41) is 6.45. The Morgan fingerprint density at radius 2 is 1.93 bits per heavy atom. The van der Waals surface area contributed by atoms with Crippen LogP contribution in [-0.2, 0) is 16.2 Å². The number of nitrogens with zero attached hydrogens (tertiary/aromatic N) is 1. The molecule has 1 N–H and O–H groups in total. The minimum absolute atomic E-state index is 0.0372. The first-order chi connectivity index (χ1) is 13.0. The van der Waals surface area contributed by atoms with Crippen LogP contribution in [0.1, 0.15) is 25.0 Å². The molecular weight excluding hydrogens is 351 g/mol. The first kappa shape index (κ1) is 20.2. The predicted octanol–water partition coefficient (Wildman–Crippen LogP) is 3.29. The van der Waals surface area contributed by atoms with Crippen LogP contribution < -0.4 is 14.8 Å². The number of amides is 1. The van der Waals surface area contributed by atoms with Crippen molar-refractivity contribution >= 4 is 12.1 Å². The number of carbonyl (C=O) groups excluding carboxylic acids is 1. The lowest BCUT2D eigenvalue weighted by Gasteiger charge is -2.13. The zero-order valence-corrected chi connectivity index (χ0v) is 15.6. The molecule has 0 unspecified atom stereocenters. The maximum Gasteiger partial charge on any atom is 0.261 e. The fourth-order valence-electron chi connectivity index (χ4n) is 2.16. The minimum Gasteiger partial charge on any atom is -0.493 e. The molecule has 0 atom stereocenters. The third-order valence-corrected chi connectivity index (χ3v) is 3.43. The Labute approximate surface area is 157 Å². The van der Waals surface area contributed by atoms with E-state index in [0.717, 1.165) is 11.1 Å². The number of rotatable bonds is 9. The van der Waals surface area contributed by atoms with Crippen LogP contribution in [0.2, 0.25) is 0 Å². The number of halogens is 1. The van der Waals surface area contributed by atoms with E-state index in [2.05, 4.69) is 10.5 Å². The largest absolute Gasteiger partial charge is 0.493 e. The van der Waals surface area contributed by atoms with Crippen molar-refractivity contribution < 1.29 is 23.5 Å². The van der Waals surface area contributed by atoms with E-state index >= 15 is 0 Å². The van der Waals surface area contributed by atoms with Crippen LogP contribution in [0, 0.1) is 5.82 Å². The zero-order chi connectivity index (χ0) is 19.6. The van der Waals surface area contributed by atoms with E-state index in [0.29, 0.717) is 18.0 Å². The zero-order valence-electron chi connectivity index (χ0n) is 15.6. The van der Waals surface area contributed by atoms with Crippen LogP contribution >= 0.6 is 0 Å². The van der Waals surface area contributed by atoms with Crippen LogP contribution in [0.3, 0.4) is 0 Å². The second-order valence-corrected chi connectivity index (χ2v) is 5.99. The lowest BCUT2D eigenvalue weighted by molar-refractivity contribution is -0.125. The van der Waals surface area contributed by atoms with Crippen molar-refractivity contribution in [3.63, 3.8) is 0 Å². The summed E-state index contributed by atoms with van der Waals surface area (Å²) >= 11 is 0. The molecule has 0 bridgehead atoms. The Balaban J connectivity index is 1.79. The van der Waals surface area contributed by atoms with Crippen molar-refractivity contribution in [2.75, 3.05) is 13.7 Å². The summed E-state index contributed by atoms with van der Waals surface area (Å²) < 4.78 is 23.8. The molecule has 2 aromatic rings. The third-order valence-electron chi connectivity index (χ3n) is 3.43. The van der Waals surface area contributed by atoms with Crippen molar-refractivity contribution in [3.05, 3.63) is 59.4 Å². The van der Waals surface area contributed by atoms with Crippen LogP contribution in [0.4, 0.5) is 4.39 Å². The highest BCUT2D eigenvalue weighted by atomic mass is 19.1. The molecule has 0 saturated heterocycles. The third kappa shape index (κ3) is 6.97. The molecule has 0 spiro atoms. The van der Waals surface area contributed by atoms with Gasteiger partial charge in [-0.3, -0.25) is 4.79 Å². The van der Waals surface area contributed by atoms with Gasteiger partial charge < -0.3 is 19.6 Å². The Morgan fingerprint density at radius 3 is 2.59 bits per heavy atom. The average molecular weight is 374 g/mol. The molecule has 27 heavy (non-hydrogen) atoms. The van der Waals surface area contributed by atoms with E-state index in [4.69, 9.17) is 14.3 Å². The SMILES string of the molecule is COc1cc(/C=N\OCC(=O)NCc2ccc(F)cc2)ccc1OC(C)C. The molecule has 1 amide bonds. The number of ether oxygens (including phenoxy) is 2. The molecule has 7 heteroatoms. The standard InChI is InChI=1S/C20H23FN2O4/c1-14(2)27-18-9-6-16(10-19(18)25-3)12-23-26-13-20(24)22-11-15-4-7-17(21)8-5-15/h4-10,12,14H,11,13H2,1-3H3,(H,22,24)/b23-12-. The molecule has 0 aliphatic heterocycles. The van der Waals surface area contributed by atoms with Crippen LogP contribution in [0.25, 0.3) is 0 Å². The maximum atomic E-state index is 12.8. The normalized spacial score (nSPS) is 10.9. The van der Waals surface area contributed by atoms with Gasteiger partial charge in [0.1, 0.15) is 5.82 Å². The van der Waals surface area contributed by atoms with E-state index in [-0.39, 0.29) is 24.4 Å². The summed E-state index contributed by atoms with van der Waals surface area (Å²) in [5.41, 5.74) is 1.54. The Morgan fingerprint density at radius 1 is 1.19 bits per heavy atom. The Kier molecular flexibility index (Phi) is 7.61. The number of benzene rings is 2. The average Bonchev–Trinajstić information content (AvgIpc) is 2.65. The van der Waals surface area contributed by atoms with Crippen LogP contribution in [0.5, 0.6) is 11.5 Å². The quantitative estimate of drug-likeness (QED) is 0.540. The van der Waals surface area contributed by atoms with Gasteiger partial charge in [-0.1, -0.05) is 17.3 Å². The number of carbonyl (C=O) groups is 1. The topological polar surface area (TPSA) is 69.2 Å². The molecule has 2 aromatic carbocycles. The summed E-state index contributed by atoms with van der Waals surface area (Å²) in [7, 11) is 1.56. The van der Waals surface area contributed by atoms with Gasteiger partial charge in [0, 0.05) is 12.1 Å². The van der Waals surface area contributed by atoms with Crippen LogP contribution in [-0.4, -0.2) is 31.9 Å². The summed E-state index contributed by atoms with van der Waals surface area (Å²) in [6.07, 6.45) is 1.52. The fourth-order valence-corrected chi connectivity index (χ4v) is 2.16. The van der Waals surface area contributed by atoms with Crippen LogP contribution in [0.15, 0.2) is 47.6 Å². The van der Waals surface area contributed by atoms with E-state index < -0.39 is 0 Å². The summed E-state index contributed by atoms with van der Waals surface area (Å²) in [4.78, 5) is 16.7. The fraction of sp³-hybridized carbons (Fsp3) is 0.300. The van der Waals surface area contributed by atoms with Gasteiger partial charge >= 0.3 is 0 Å². The second-order valence-electron chi connectivity index (χ2n) is 5.99. The highest BCUT2D eigenvalue weighted by Crippen LogP contribution is 2.28. The van der Waals surface area contributed by atoms with Gasteiger partial charge in [-0.15, -0.1) is 0 Å². The van der Waals surface area contributed by atoms with Crippen molar-refractivity contribution in [2.45, 2.75) is 26.5 Å². The predicted molar refractivity (Wildman–Crippen MR) is 101 cm³/mol. The summed E-state index contributed by atoms with van der Waals surface area (Å²) in [5.74, 6) is 0.591. The van der Waals surface area contributed by atoms with Gasteiger partial charge in [-0.25, -0.2) is 4.39 Å². The van der Waals surface area contributed by atoms with E-state index in [9.17, 15) is 9.18 Å². The molecule has 0 aliphatic rings. The first-order valence-electron chi connectivity index (χ1n) is 8.49. The lowest BCUT2D eigenvalue weighted by atomic mass is 10.2. The molecule has 0 fully saturated rings. The molecule has 0 aromatic heterocycles. The van der Waals surface area contributed by atoms with Gasteiger partial charge in [0.25, 0.3) is 5.91 Å². The van der Waals surface area contributed by atoms with E-state index in [1.165, 1.54) is 18.3 Å². The molecule has 0 saturated carbocycles. The number of oxime groups is 1. The molecule has 0 aliphatic carbocycles. The van der Waals surface area contributed by atoms with Gasteiger partial charge in [-0.05, 0) is 49.7 Å². The molecule has 6 nitrogen and oxygen atoms in total. The smallest absolute Gasteiger partial charge is 0.261 e.